The van der Waals surface area contributed by atoms with E-state index < -0.39 is 23.7 Å². The molecule has 4 aromatic heterocycles. The average molecular weight is 941 g/mol. The van der Waals surface area contributed by atoms with Crippen LogP contribution in [0.1, 0.15) is 82.3 Å². The number of methoxy groups -OCH3 is 2. The molecular formula is C47H60N10O7S2. The third kappa shape index (κ3) is 12.4. The van der Waals surface area contributed by atoms with Crippen LogP contribution in [0.25, 0.3) is 20.4 Å². The standard InChI is InChI=1S/C23H27N5O3S.C14H18N2OS.C9H11N3O3.CH4/c1-4-14-7-16(10-25-21(14)24)27-22(29)23(30)28-11-13(2)19(31-3)9-18(28)15-5-6-20-17(8-15)26-12-32-20;1-9-7-15-11(6-13(9)17-2)10-3-4-14-12(5-10)16-8-18-14;1-2-5-3-6(4-11-7(5)10)12-8(13)9(14)15;/h5-8,10,12-13,18-19H,4,9,11H2,1-3H3,(H2,24,25)(H,27,29);3-5,8-9,11,13,15H,6-7H2,1-2H3;3-4H,2H2,1H3,(H2,10,11)(H,12,13)(H,14,15);1H4/t13-,18-,19?;9-,11-,13?;;/m00../s1. The molecule has 19 heteroatoms. The van der Waals surface area contributed by atoms with E-state index in [1.807, 2.05) is 51.6 Å². The monoisotopic (exact) mass is 940 g/mol. The van der Waals surface area contributed by atoms with Gasteiger partial charge in [0.1, 0.15) is 11.6 Å². The molecular weight excluding hydrogens is 881 g/mol. The van der Waals surface area contributed by atoms with Crippen molar-refractivity contribution in [2.45, 2.75) is 85.1 Å². The predicted octanol–water partition coefficient (Wildman–Crippen LogP) is 7.27. The molecule has 0 bridgehead atoms. The Hall–Kier alpha value is -6.12. The zero-order chi connectivity index (χ0) is 46.8. The largest absolute Gasteiger partial charge is 0.474 e. The van der Waals surface area contributed by atoms with Crippen molar-refractivity contribution in [2.24, 2.45) is 11.8 Å². The van der Waals surface area contributed by atoms with Crippen molar-refractivity contribution in [2.75, 3.05) is 49.4 Å². The lowest BCUT2D eigenvalue weighted by Gasteiger charge is -2.42. The number of carboxylic acid groups (broad SMARTS) is 1. The summed E-state index contributed by atoms with van der Waals surface area (Å²) in [6, 6.07) is 16.0. The number of hydrogen-bond acceptors (Lipinski definition) is 15. The molecule has 6 aromatic rings. The number of piperidine rings is 2. The van der Waals surface area contributed by atoms with Gasteiger partial charge in [0.2, 0.25) is 0 Å². The maximum absolute atomic E-state index is 13.3. The number of rotatable bonds is 8. The normalized spacial score (nSPS) is 20.2. The van der Waals surface area contributed by atoms with Gasteiger partial charge in [-0.1, -0.05) is 47.3 Å². The number of likely N-dealkylation sites (tertiary alicyclic amines) is 1. The molecule has 0 saturated carbocycles. The Labute approximate surface area is 392 Å². The number of ether oxygens (including phenoxy) is 2. The van der Waals surface area contributed by atoms with Gasteiger partial charge in [0.05, 0.1) is 73.5 Å². The molecule has 0 spiro atoms. The Morgan fingerprint density at radius 1 is 0.758 bits per heavy atom. The average Bonchev–Trinajstić information content (AvgIpc) is 4.00. The molecule has 352 valence electrons. The van der Waals surface area contributed by atoms with Gasteiger partial charge in [0.25, 0.3) is 0 Å². The van der Waals surface area contributed by atoms with E-state index in [0.29, 0.717) is 66.9 Å². The van der Waals surface area contributed by atoms with Crippen LogP contribution in [0.2, 0.25) is 0 Å². The number of thiazole rings is 2. The lowest BCUT2D eigenvalue weighted by Crippen LogP contribution is -2.50. The molecule has 2 aromatic carbocycles. The third-order valence-corrected chi connectivity index (χ3v) is 13.4. The lowest BCUT2D eigenvalue weighted by atomic mass is 9.87. The first-order valence-electron chi connectivity index (χ1n) is 21.3. The van der Waals surface area contributed by atoms with E-state index in [9.17, 15) is 19.2 Å². The van der Waals surface area contributed by atoms with Crippen molar-refractivity contribution < 1.29 is 33.8 Å². The molecule has 2 aliphatic heterocycles. The molecule has 8 N–H and O–H groups in total. The molecule has 2 fully saturated rings. The van der Waals surface area contributed by atoms with Gasteiger partial charge in [-0.2, -0.15) is 0 Å². The molecule has 6 atom stereocenters. The molecule has 6 heterocycles. The van der Waals surface area contributed by atoms with Crippen molar-refractivity contribution in [3.8, 4) is 0 Å². The van der Waals surface area contributed by atoms with Crippen LogP contribution >= 0.6 is 22.7 Å². The maximum Gasteiger partial charge on any atom is 0.394 e. The van der Waals surface area contributed by atoms with Gasteiger partial charge in [-0.3, -0.25) is 14.4 Å². The van der Waals surface area contributed by atoms with Crippen molar-refractivity contribution in [1.82, 2.24) is 30.2 Å². The number of carbonyl (C=O) groups is 4. The Morgan fingerprint density at radius 2 is 1.27 bits per heavy atom. The molecule has 0 radical (unpaired) electrons. The quantitative estimate of drug-likeness (QED) is 0.0822. The highest BCUT2D eigenvalue weighted by Crippen LogP contribution is 2.37. The van der Waals surface area contributed by atoms with E-state index in [4.69, 9.17) is 26.0 Å². The van der Waals surface area contributed by atoms with Crippen LogP contribution in [0, 0.1) is 11.8 Å². The number of amides is 3. The van der Waals surface area contributed by atoms with Crippen molar-refractivity contribution in [3.05, 3.63) is 94.2 Å². The number of nitrogens with zero attached hydrogens (tertiary/aromatic N) is 5. The highest BCUT2D eigenvalue weighted by Gasteiger charge is 2.39. The summed E-state index contributed by atoms with van der Waals surface area (Å²) in [4.78, 5) is 65.6. The summed E-state index contributed by atoms with van der Waals surface area (Å²) in [6.07, 6.45) is 6.11. The number of aromatic nitrogens is 4. The SMILES string of the molecule is C.CCc1cc(NC(=O)C(=O)N2C[C@H](C)C(OC)C[C@H]2c2ccc3scnc3c2)cnc1N.CCc1cc(NC(=O)C(=O)O)cnc1N.COC1C[C@@H](c2ccc3scnc3c2)NC[C@@H]1C. The summed E-state index contributed by atoms with van der Waals surface area (Å²) < 4.78 is 13.6. The molecule has 2 saturated heterocycles. The zero-order valence-electron chi connectivity index (χ0n) is 37.2. The second-order valence-corrected chi connectivity index (χ2v) is 17.8. The Balaban J connectivity index is 0.000000203. The highest BCUT2D eigenvalue weighted by atomic mass is 32.1. The van der Waals surface area contributed by atoms with Gasteiger partial charge < -0.3 is 46.9 Å². The Bertz CT molecular complexity index is 2620. The first-order chi connectivity index (χ1) is 31.2. The summed E-state index contributed by atoms with van der Waals surface area (Å²) in [5.74, 6) is -2.43. The predicted molar refractivity (Wildman–Crippen MR) is 261 cm³/mol. The van der Waals surface area contributed by atoms with E-state index in [2.05, 4.69) is 61.0 Å². The zero-order valence-corrected chi connectivity index (χ0v) is 38.9. The van der Waals surface area contributed by atoms with Gasteiger partial charge in [-0.15, -0.1) is 22.7 Å². The minimum atomic E-state index is -1.54. The van der Waals surface area contributed by atoms with Crippen LogP contribution in [-0.4, -0.2) is 93.2 Å². The number of carboxylic acids is 1. The summed E-state index contributed by atoms with van der Waals surface area (Å²) >= 11 is 3.26. The van der Waals surface area contributed by atoms with Gasteiger partial charge in [0, 0.05) is 39.3 Å². The smallest absolute Gasteiger partial charge is 0.394 e. The van der Waals surface area contributed by atoms with E-state index in [-0.39, 0.29) is 25.5 Å². The molecule has 3 amide bonds. The number of hydrogen-bond donors (Lipinski definition) is 6. The number of carbonyl (C=O) groups excluding carboxylic acids is 3. The topological polar surface area (TPSA) is 250 Å². The molecule has 66 heavy (non-hydrogen) atoms. The summed E-state index contributed by atoms with van der Waals surface area (Å²) in [7, 11) is 3.50. The number of nitrogens with two attached hydrogens (primary N) is 2. The second kappa shape index (κ2) is 23.4. The Kier molecular flexibility index (Phi) is 18.0. The number of aryl methyl sites for hydroxylation is 2. The fourth-order valence-corrected chi connectivity index (χ4v) is 9.33. The molecule has 17 nitrogen and oxygen atoms in total. The van der Waals surface area contributed by atoms with E-state index in [1.165, 1.54) is 22.7 Å². The highest BCUT2D eigenvalue weighted by molar-refractivity contribution is 7.17. The summed E-state index contributed by atoms with van der Waals surface area (Å²) in [5.41, 5.74) is 21.7. The van der Waals surface area contributed by atoms with Gasteiger partial charge in [-0.25, -0.2) is 24.7 Å². The third-order valence-electron chi connectivity index (χ3n) is 11.8. The first kappa shape index (κ1) is 50.9. The fraction of sp³-hybridized carbons (Fsp3) is 0.404. The van der Waals surface area contributed by atoms with Crippen molar-refractivity contribution >= 4 is 89.8 Å². The number of benzene rings is 2. The lowest BCUT2D eigenvalue weighted by molar-refractivity contribution is -0.149. The van der Waals surface area contributed by atoms with Crippen LogP contribution in [0.15, 0.2) is 71.9 Å². The summed E-state index contributed by atoms with van der Waals surface area (Å²) in [6.45, 7) is 9.54. The van der Waals surface area contributed by atoms with Crippen LogP contribution in [-0.2, 0) is 41.5 Å². The molecule has 2 aliphatic rings. The number of nitrogens with one attached hydrogen (secondary N) is 3. The first-order valence-corrected chi connectivity index (χ1v) is 23.1. The number of pyridine rings is 2. The van der Waals surface area contributed by atoms with E-state index in [1.54, 1.807) is 52.3 Å². The minimum absolute atomic E-state index is 0. The number of aliphatic carboxylic acids is 1. The Morgan fingerprint density at radius 3 is 1.80 bits per heavy atom. The fourth-order valence-electron chi connectivity index (χ4n) is 8.01. The van der Waals surface area contributed by atoms with Crippen molar-refractivity contribution in [1.29, 1.82) is 0 Å². The summed E-state index contributed by atoms with van der Waals surface area (Å²) in [5, 5.41) is 16.8. The van der Waals surface area contributed by atoms with Crippen LogP contribution < -0.4 is 27.4 Å². The minimum Gasteiger partial charge on any atom is -0.474 e. The molecule has 8 rings (SSSR count). The number of nitrogen functional groups attached to an aromatic ring is 2. The van der Waals surface area contributed by atoms with Gasteiger partial charge >= 0.3 is 23.7 Å². The van der Waals surface area contributed by atoms with E-state index in [0.717, 1.165) is 45.4 Å². The van der Waals surface area contributed by atoms with Gasteiger partial charge in [-0.05, 0) is 90.3 Å². The number of fused-ring (bicyclic) bond motifs is 2. The number of anilines is 4. The van der Waals surface area contributed by atoms with Crippen LogP contribution in [0.5, 0.6) is 0 Å². The van der Waals surface area contributed by atoms with Gasteiger partial charge in [0.15, 0.2) is 0 Å². The van der Waals surface area contributed by atoms with E-state index >= 15 is 0 Å². The van der Waals surface area contributed by atoms with Crippen molar-refractivity contribution in [3.63, 3.8) is 0 Å². The molecule has 0 aliphatic carbocycles. The maximum atomic E-state index is 13.3. The second-order valence-electron chi connectivity index (χ2n) is 16.0. The van der Waals surface area contributed by atoms with Crippen LogP contribution in [0.3, 0.4) is 0 Å². The van der Waals surface area contributed by atoms with Crippen LogP contribution in [0.4, 0.5) is 23.0 Å². The molecule has 2 unspecified atom stereocenters.